The maximum atomic E-state index is 16.2. The Balaban J connectivity index is 0.741. The van der Waals surface area contributed by atoms with Crippen molar-refractivity contribution in [3.05, 3.63) is 365 Å². The lowest BCUT2D eigenvalue weighted by Gasteiger charge is -2.37. The number of thioether (sulfide) groups is 1. The Morgan fingerprint density at radius 3 is 1.59 bits per heavy atom. The number of amides is 11. The van der Waals surface area contributed by atoms with Gasteiger partial charge >= 0.3 is 12.2 Å². The van der Waals surface area contributed by atoms with Crippen LogP contribution in [0.15, 0.2) is 304 Å². The van der Waals surface area contributed by atoms with Crippen LogP contribution in [0.1, 0.15) is 178 Å². The highest BCUT2D eigenvalue weighted by molar-refractivity contribution is 8.00. The second-order valence-electron chi connectivity index (χ2n) is 38.4. The van der Waals surface area contributed by atoms with Crippen molar-refractivity contribution in [1.82, 2.24) is 83.2 Å². The number of alkyl carbamates (subject to hydrolysis) is 1. The molecule has 1 aliphatic heterocycles. The fourth-order valence-electron chi connectivity index (χ4n) is 19.3. The van der Waals surface area contributed by atoms with Crippen molar-refractivity contribution >= 4 is 99.9 Å². The number of rotatable bonds is 37. The first kappa shape index (κ1) is 109. The third-order valence-corrected chi connectivity index (χ3v) is 28.5. The van der Waals surface area contributed by atoms with Crippen LogP contribution in [0.2, 0.25) is 0 Å². The molecule has 0 saturated carbocycles. The summed E-state index contributed by atoms with van der Waals surface area (Å²) in [6, 6.07) is 79.3. The number of para-hydroxylation sites is 1. The van der Waals surface area contributed by atoms with Gasteiger partial charge in [0.15, 0.2) is 5.96 Å². The summed E-state index contributed by atoms with van der Waals surface area (Å²) >= 11 is 1.51. The topological polar surface area (TPSA) is 426 Å². The van der Waals surface area contributed by atoms with Crippen molar-refractivity contribution in [3.63, 3.8) is 0 Å². The first-order chi connectivity index (χ1) is 72.2. The van der Waals surface area contributed by atoms with Gasteiger partial charge in [-0.1, -0.05) is 305 Å². The summed E-state index contributed by atoms with van der Waals surface area (Å²) in [4.78, 5) is 186. The Morgan fingerprint density at radius 1 is 0.510 bits per heavy atom. The lowest BCUT2D eigenvalue weighted by Crippen LogP contribution is -2.61. The normalized spacial score (nSPS) is 17.1. The van der Waals surface area contributed by atoms with E-state index in [1.165, 1.54) is 29.6 Å². The summed E-state index contributed by atoms with van der Waals surface area (Å²) in [5.41, 5.74) is 9.14. The van der Waals surface area contributed by atoms with E-state index < -0.39 is 148 Å². The second-order valence-corrected chi connectivity index (χ2v) is 39.6. The average molecular weight is 2030 g/mol. The van der Waals surface area contributed by atoms with Crippen molar-refractivity contribution in [2.45, 2.75) is 201 Å². The van der Waals surface area contributed by atoms with Crippen molar-refractivity contribution in [2.24, 2.45) is 0 Å². The summed E-state index contributed by atoms with van der Waals surface area (Å²) in [5.74, 6) is -7.92. The molecule has 2 aromatic heterocycles. The first-order valence-corrected chi connectivity index (χ1v) is 52.1. The van der Waals surface area contributed by atoms with Gasteiger partial charge in [-0.15, -0.1) is 11.8 Å². The number of aromatic nitrogens is 3. The maximum Gasteiger partial charge on any atom is 0.419 e. The highest BCUT2D eigenvalue weighted by Gasteiger charge is 2.44. The van der Waals surface area contributed by atoms with E-state index in [2.05, 4.69) is 118 Å². The summed E-state index contributed by atoms with van der Waals surface area (Å²) in [7, 11) is 2.95. The number of ether oxygens (including phenoxy) is 2. The molecule has 0 unspecified atom stereocenters. The van der Waals surface area contributed by atoms with Crippen molar-refractivity contribution in [1.29, 1.82) is 5.41 Å². The number of carbonyl (C=O) groups excluding carboxylic acids is 12. The Labute approximate surface area is 873 Å². The number of fused-ring (bicyclic) bond motifs is 4. The summed E-state index contributed by atoms with van der Waals surface area (Å²) in [5, 5.41) is 46.3. The number of nitrogens with one attached hydrogen (secondary N) is 14. The minimum absolute atomic E-state index is 0.0115. The lowest BCUT2D eigenvalue weighted by atomic mass is 9.77. The third-order valence-electron chi connectivity index (χ3n) is 26.8. The van der Waals surface area contributed by atoms with Crippen molar-refractivity contribution in [2.75, 3.05) is 46.1 Å². The highest BCUT2D eigenvalue weighted by Crippen LogP contribution is 2.50. The molecule has 10 aromatic carbocycles. The molecule has 8 atom stereocenters. The van der Waals surface area contributed by atoms with E-state index >= 15 is 28.8 Å². The number of hydrogen-bond acceptors (Lipinski definition) is 17. The van der Waals surface area contributed by atoms with Gasteiger partial charge in [0, 0.05) is 88.9 Å². The molecule has 31 nitrogen and oxygen atoms in total. The Hall–Kier alpha value is -16.0. The van der Waals surface area contributed by atoms with E-state index in [0.29, 0.717) is 54.1 Å². The fraction of sp³-hybridized carbons (Fsp3) is 0.333. The molecular weight excluding hydrogens is 1900 g/mol. The van der Waals surface area contributed by atoms with Crippen LogP contribution in [-0.2, 0) is 87.0 Å². The van der Waals surface area contributed by atoms with E-state index in [1.54, 1.807) is 94.9 Å². The summed E-state index contributed by atoms with van der Waals surface area (Å²) in [6.07, 6.45) is 4.28. The molecule has 14 N–H and O–H groups in total. The number of nitrogens with zero attached hydrogens (tertiary/aromatic N) is 3. The monoisotopic (exact) mass is 2030 g/mol. The number of carbonyl (C=O) groups is 12. The molecular formula is C117H133N17O14S. The first-order valence-electron chi connectivity index (χ1n) is 51.1. The van der Waals surface area contributed by atoms with Gasteiger partial charge in [0.05, 0.1) is 28.7 Å². The third kappa shape index (κ3) is 28.5. The standard InChI is InChI=1S/C117H133N17O14S/c1-7-8-61-94(125-102(135)65-31-16-39-67-122-105(138)100(132-113(145)147-75-92-90-59-34-32-57-88(90)89-58-33-35-60-91(89)92)76-149-117(83-50-25-13-26-51-83,84-52-27-14-28-53-84)85-54-29-15-30-55-85)106(139)131-99-72-103(136)121-66-40-38-62-93(104(137)119-5)126-109(142)97(70-79-73-134(114(146)148-115(2,3)4)101-64-37-36-56-87(79)101)129-107(140)95(63-41-68-123-112(118)120-6)127-108(141)96(69-78-42-17-9-18-43-78)128-110(143)98(130-111(99)144)71-86-74-133(77-124-86)116(80-44-19-10-20-45-80,81-46-21-11-22-47-81)82-48-23-12-24-49-82/h9-15,17-30,32-37,42-60,64,73-74,77,92-100H,7-8,16,31,38-41,61-63,65-72,75-76H2,1-6H3,(H,119,137)(H,121,136)(H,122,138)(H,125,135)(H,126,142)(H,127,141)(H,128,143)(H,129,140)(H,130,144)(H,131,139)(H,132,145)(H3,118,120,123)/t93-,94-,95-,96+,97-,98-,99-,100-/m0/s1. The van der Waals surface area contributed by atoms with Gasteiger partial charge in [-0.25, -0.2) is 14.6 Å². The largest absolute Gasteiger partial charge is 0.449 e. The smallest absolute Gasteiger partial charge is 0.419 e. The van der Waals surface area contributed by atoms with Gasteiger partial charge < -0.3 is 83.2 Å². The molecule has 0 bridgehead atoms. The molecule has 0 radical (unpaired) electrons. The quantitative estimate of drug-likeness (QED) is 0.00744. The highest BCUT2D eigenvalue weighted by atomic mass is 32.2. The van der Waals surface area contributed by atoms with Crippen LogP contribution in [0.3, 0.4) is 0 Å². The van der Waals surface area contributed by atoms with Gasteiger partial charge in [-0.3, -0.25) is 57.9 Å². The average Bonchev–Trinajstić information content (AvgIpc) is 1.67. The Morgan fingerprint density at radius 2 is 1.02 bits per heavy atom. The van der Waals surface area contributed by atoms with E-state index in [4.69, 9.17) is 19.9 Å². The van der Waals surface area contributed by atoms with E-state index in [0.717, 1.165) is 55.6 Å². The fourth-order valence-corrected chi connectivity index (χ4v) is 20.9. The van der Waals surface area contributed by atoms with Crippen LogP contribution in [0.25, 0.3) is 22.0 Å². The van der Waals surface area contributed by atoms with Gasteiger partial charge in [-0.2, -0.15) is 0 Å². The predicted molar refractivity (Wildman–Crippen MR) is 576 cm³/mol. The summed E-state index contributed by atoms with van der Waals surface area (Å²) < 4.78 is 14.3. The zero-order valence-corrected chi connectivity index (χ0v) is 85.7. The van der Waals surface area contributed by atoms with Crippen LogP contribution in [0.5, 0.6) is 0 Å². The molecule has 1 fully saturated rings. The van der Waals surface area contributed by atoms with Gasteiger partial charge in [0.1, 0.15) is 66.1 Å². The van der Waals surface area contributed by atoms with Crippen molar-refractivity contribution in [3.8, 4) is 11.1 Å². The molecule has 14 rings (SSSR count). The van der Waals surface area contributed by atoms with E-state index in [9.17, 15) is 28.8 Å². The lowest BCUT2D eigenvalue weighted by molar-refractivity contribution is -0.136. The van der Waals surface area contributed by atoms with E-state index in [1.807, 2.05) is 193 Å². The molecule has 776 valence electrons. The molecule has 11 amide bonds. The Kier molecular flexibility index (Phi) is 38.6. The predicted octanol–water partition coefficient (Wildman–Crippen LogP) is 13.3. The van der Waals surface area contributed by atoms with Gasteiger partial charge in [0.2, 0.25) is 59.1 Å². The number of imidazole rings is 1. The van der Waals surface area contributed by atoms with Gasteiger partial charge in [-0.05, 0) is 145 Å². The molecule has 0 spiro atoms. The van der Waals surface area contributed by atoms with Crippen LogP contribution >= 0.6 is 11.8 Å². The van der Waals surface area contributed by atoms with Crippen LogP contribution < -0.4 is 69.1 Å². The zero-order chi connectivity index (χ0) is 105. The van der Waals surface area contributed by atoms with E-state index in [-0.39, 0.29) is 107 Å². The zero-order valence-electron chi connectivity index (χ0n) is 84.9. The molecule has 32 heteroatoms. The van der Waals surface area contributed by atoms with Crippen LogP contribution in [0, 0.1) is 5.41 Å². The summed E-state index contributed by atoms with van der Waals surface area (Å²) in [6.45, 7) is 7.29. The van der Waals surface area contributed by atoms with Gasteiger partial charge in [0.25, 0.3) is 0 Å². The molecule has 1 saturated heterocycles. The SMILES string of the molecule is CCCC[C@H](NC(=O)CCCCCNC(=O)[C@H](CSC(c1ccccc1)(c1ccccc1)c1ccccc1)NC(=O)OCC1c2ccccc2-c2ccccc21)C(=O)N[C@H]1CC(=O)NCCCC[C@@H](C(=O)NC)NC(=O)[C@H](Cc2cn(C(=O)OC(C)(C)C)c3ccccc23)NC(=O)[C@H](CCCNC(=N)NC)NC(=O)[C@@H](Cc2ccccc2)NC(=O)[C@H](Cc2cn(C(c3ccccc3)(c3ccccc3)c3ccccc3)cn2)NC1=O. The number of unbranched alkanes of at least 4 members (excludes halogenated alkanes) is 3. The molecule has 1 aliphatic carbocycles. The van der Waals surface area contributed by atoms with Crippen molar-refractivity contribution < 1.29 is 67.0 Å². The molecule has 2 aliphatic rings. The number of hydrogen-bond donors (Lipinski definition) is 14. The molecule has 149 heavy (non-hydrogen) atoms. The number of benzene rings is 10. The molecule has 12 aromatic rings. The second kappa shape index (κ2) is 52.9. The minimum Gasteiger partial charge on any atom is -0.449 e. The van der Waals surface area contributed by atoms with Crippen LogP contribution in [0.4, 0.5) is 9.59 Å². The minimum atomic E-state index is -1.79. The number of likely N-dealkylation sites (N-methyl/N-ethyl adjacent to an activating group) is 1. The number of guanidine groups is 1. The van der Waals surface area contributed by atoms with Crippen LogP contribution in [-0.4, -0.2) is 191 Å². The molecule has 3 heterocycles. The Bertz CT molecular complexity index is 6340. The maximum absolute atomic E-state index is 16.2.